The lowest BCUT2D eigenvalue weighted by molar-refractivity contribution is 0.508. The van der Waals surface area contributed by atoms with Gasteiger partial charge in [0, 0.05) is 12.6 Å². The molecular formula is C8H14N4S. The maximum atomic E-state index is 5.68. The minimum Gasteiger partial charge on any atom is -0.344 e. The summed E-state index contributed by atoms with van der Waals surface area (Å²) in [6, 6.07) is 0.512. The Morgan fingerprint density at radius 1 is 1.77 bits per heavy atom. The molecule has 13 heavy (non-hydrogen) atoms. The minimum atomic E-state index is 0.512. The van der Waals surface area contributed by atoms with Crippen molar-refractivity contribution in [3.05, 3.63) is 5.51 Å². The summed E-state index contributed by atoms with van der Waals surface area (Å²) in [5.41, 5.74) is 7.46. The standard InChI is InChI=1S/C8H14N4S/c1-6-7(4-9)2-3-12(6)8-11-10-5-13-8/h5-7H,2-4,9H2,1H3. The Balaban J connectivity index is 2.11. The van der Waals surface area contributed by atoms with E-state index in [0.29, 0.717) is 12.0 Å². The van der Waals surface area contributed by atoms with E-state index in [-0.39, 0.29) is 0 Å². The summed E-state index contributed by atoms with van der Waals surface area (Å²) in [7, 11) is 0. The van der Waals surface area contributed by atoms with Crippen molar-refractivity contribution in [3.8, 4) is 0 Å². The van der Waals surface area contributed by atoms with Crippen LogP contribution in [0.5, 0.6) is 0 Å². The Morgan fingerprint density at radius 3 is 3.15 bits per heavy atom. The molecule has 1 fully saturated rings. The first kappa shape index (κ1) is 8.90. The third-order valence-corrected chi connectivity index (χ3v) is 3.54. The molecule has 1 aromatic heterocycles. The van der Waals surface area contributed by atoms with E-state index in [1.165, 1.54) is 6.42 Å². The number of rotatable bonds is 2. The fraction of sp³-hybridized carbons (Fsp3) is 0.750. The van der Waals surface area contributed by atoms with Gasteiger partial charge in [-0.15, -0.1) is 10.2 Å². The molecule has 2 rings (SSSR count). The van der Waals surface area contributed by atoms with Gasteiger partial charge in [-0.3, -0.25) is 0 Å². The van der Waals surface area contributed by atoms with E-state index in [2.05, 4.69) is 22.0 Å². The maximum Gasteiger partial charge on any atom is 0.208 e. The van der Waals surface area contributed by atoms with Gasteiger partial charge >= 0.3 is 0 Å². The number of hydrogen-bond donors (Lipinski definition) is 1. The van der Waals surface area contributed by atoms with Crippen molar-refractivity contribution in [2.75, 3.05) is 18.0 Å². The maximum absolute atomic E-state index is 5.68. The molecular weight excluding hydrogens is 184 g/mol. The smallest absolute Gasteiger partial charge is 0.208 e. The highest BCUT2D eigenvalue weighted by Gasteiger charge is 2.30. The van der Waals surface area contributed by atoms with Crippen molar-refractivity contribution in [1.29, 1.82) is 0 Å². The zero-order chi connectivity index (χ0) is 9.26. The summed E-state index contributed by atoms with van der Waals surface area (Å²) in [4.78, 5) is 2.30. The van der Waals surface area contributed by atoms with E-state index in [1.54, 1.807) is 16.8 Å². The molecule has 2 atom stereocenters. The van der Waals surface area contributed by atoms with Gasteiger partial charge in [-0.2, -0.15) is 0 Å². The second kappa shape index (κ2) is 3.59. The fourth-order valence-electron chi connectivity index (χ4n) is 1.88. The molecule has 0 radical (unpaired) electrons. The van der Waals surface area contributed by atoms with Crippen molar-refractivity contribution in [2.24, 2.45) is 11.7 Å². The van der Waals surface area contributed by atoms with E-state index in [0.717, 1.165) is 18.2 Å². The Labute approximate surface area is 81.8 Å². The predicted octanol–water partition coefficient (Wildman–Crippen LogP) is 0.712. The van der Waals surface area contributed by atoms with E-state index >= 15 is 0 Å². The molecule has 1 saturated heterocycles. The van der Waals surface area contributed by atoms with Crippen LogP contribution in [0.3, 0.4) is 0 Å². The molecule has 0 aliphatic carbocycles. The van der Waals surface area contributed by atoms with Gasteiger partial charge in [0.05, 0.1) is 0 Å². The van der Waals surface area contributed by atoms with Crippen LogP contribution in [0.25, 0.3) is 0 Å². The van der Waals surface area contributed by atoms with Crippen LogP contribution >= 0.6 is 11.3 Å². The normalized spacial score (nSPS) is 28.3. The summed E-state index contributed by atoms with van der Waals surface area (Å²) in [6.07, 6.45) is 1.18. The minimum absolute atomic E-state index is 0.512. The van der Waals surface area contributed by atoms with Gasteiger partial charge in [0.15, 0.2) is 0 Å². The number of nitrogens with two attached hydrogens (primary N) is 1. The molecule has 2 heterocycles. The van der Waals surface area contributed by atoms with Crippen LogP contribution in [0.1, 0.15) is 13.3 Å². The monoisotopic (exact) mass is 198 g/mol. The molecule has 0 spiro atoms. The van der Waals surface area contributed by atoms with Crippen molar-refractivity contribution in [2.45, 2.75) is 19.4 Å². The predicted molar refractivity (Wildman–Crippen MR) is 53.9 cm³/mol. The third-order valence-electron chi connectivity index (χ3n) is 2.81. The molecule has 0 bridgehead atoms. The lowest BCUT2D eigenvalue weighted by Gasteiger charge is -2.22. The Hall–Kier alpha value is -0.680. The highest BCUT2D eigenvalue weighted by atomic mass is 32.1. The molecule has 2 unspecified atom stereocenters. The summed E-state index contributed by atoms with van der Waals surface area (Å²) < 4.78 is 0. The molecule has 1 aliphatic rings. The largest absolute Gasteiger partial charge is 0.344 e. The zero-order valence-corrected chi connectivity index (χ0v) is 8.50. The topological polar surface area (TPSA) is 55.0 Å². The van der Waals surface area contributed by atoms with E-state index in [4.69, 9.17) is 5.73 Å². The van der Waals surface area contributed by atoms with Crippen LogP contribution in [0.2, 0.25) is 0 Å². The van der Waals surface area contributed by atoms with Crippen molar-refractivity contribution in [3.63, 3.8) is 0 Å². The lowest BCUT2D eigenvalue weighted by atomic mass is 10.0. The first-order valence-corrected chi connectivity index (χ1v) is 5.43. The number of nitrogens with zero attached hydrogens (tertiary/aromatic N) is 3. The Kier molecular flexibility index (Phi) is 2.46. The van der Waals surface area contributed by atoms with E-state index < -0.39 is 0 Å². The van der Waals surface area contributed by atoms with Gasteiger partial charge in [0.25, 0.3) is 0 Å². The molecule has 0 aromatic carbocycles. The highest BCUT2D eigenvalue weighted by Crippen LogP contribution is 2.29. The summed E-state index contributed by atoms with van der Waals surface area (Å²) in [5, 5.41) is 8.95. The van der Waals surface area contributed by atoms with Gasteiger partial charge in [0.1, 0.15) is 5.51 Å². The summed E-state index contributed by atoms with van der Waals surface area (Å²) in [6.45, 7) is 4.06. The Morgan fingerprint density at radius 2 is 2.62 bits per heavy atom. The highest BCUT2D eigenvalue weighted by molar-refractivity contribution is 7.13. The lowest BCUT2D eigenvalue weighted by Crippen LogP contribution is -2.32. The average Bonchev–Trinajstić information content (AvgIpc) is 2.72. The van der Waals surface area contributed by atoms with Crippen molar-refractivity contribution in [1.82, 2.24) is 10.2 Å². The second-order valence-corrected chi connectivity index (χ2v) is 4.25. The second-order valence-electron chi connectivity index (χ2n) is 3.44. The molecule has 2 N–H and O–H groups in total. The van der Waals surface area contributed by atoms with Crippen molar-refractivity contribution >= 4 is 16.5 Å². The molecule has 0 saturated carbocycles. The average molecular weight is 198 g/mol. The van der Waals surface area contributed by atoms with Crippen LogP contribution in [-0.4, -0.2) is 29.3 Å². The van der Waals surface area contributed by atoms with Gasteiger partial charge < -0.3 is 10.6 Å². The van der Waals surface area contributed by atoms with E-state index in [1.807, 2.05) is 0 Å². The third kappa shape index (κ3) is 1.53. The quantitative estimate of drug-likeness (QED) is 0.760. The molecule has 1 aliphatic heterocycles. The van der Waals surface area contributed by atoms with Crippen LogP contribution in [0, 0.1) is 5.92 Å². The molecule has 4 nitrogen and oxygen atoms in total. The van der Waals surface area contributed by atoms with Crippen LogP contribution in [-0.2, 0) is 0 Å². The summed E-state index contributed by atoms with van der Waals surface area (Å²) >= 11 is 1.60. The molecule has 72 valence electrons. The van der Waals surface area contributed by atoms with E-state index in [9.17, 15) is 0 Å². The zero-order valence-electron chi connectivity index (χ0n) is 7.68. The van der Waals surface area contributed by atoms with Crippen molar-refractivity contribution < 1.29 is 0 Å². The van der Waals surface area contributed by atoms with Crippen LogP contribution in [0.4, 0.5) is 5.13 Å². The number of hydrogen-bond acceptors (Lipinski definition) is 5. The first-order chi connectivity index (χ1) is 6.33. The fourth-order valence-corrected chi connectivity index (χ4v) is 2.56. The molecule has 0 amide bonds. The van der Waals surface area contributed by atoms with Gasteiger partial charge in [0.2, 0.25) is 5.13 Å². The molecule has 1 aromatic rings. The number of anilines is 1. The van der Waals surface area contributed by atoms with Crippen LogP contribution in [0.15, 0.2) is 5.51 Å². The summed E-state index contributed by atoms with van der Waals surface area (Å²) in [5.74, 6) is 0.615. The van der Waals surface area contributed by atoms with Crippen LogP contribution < -0.4 is 10.6 Å². The SMILES string of the molecule is CC1C(CN)CCN1c1nncs1. The van der Waals surface area contributed by atoms with Gasteiger partial charge in [-0.05, 0) is 25.8 Å². The first-order valence-electron chi connectivity index (χ1n) is 4.56. The molecule has 5 heteroatoms. The number of aromatic nitrogens is 2. The van der Waals surface area contributed by atoms with Gasteiger partial charge in [-0.1, -0.05) is 11.3 Å². The van der Waals surface area contributed by atoms with Gasteiger partial charge in [-0.25, -0.2) is 0 Å². The Bertz CT molecular complexity index is 261.